The van der Waals surface area contributed by atoms with Crippen molar-refractivity contribution in [1.82, 2.24) is 5.32 Å². The van der Waals surface area contributed by atoms with Gasteiger partial charge in [-0.25, -0.2) is 0 Å². The van der Waals surface area contributed by atoms with Gasteiger partial charge in [-0.1, -0.05) is 18.2 Å². The third kappa shape index (κ3) is 6.18. The highest BCUT2D eigenvalue weighted by Crippen LogP contribution is 2.23. The van der Waals surface area contributed by atoms with Gasteiger partial charge in [-0.05, 0) is 11.6 Å². The second-order valence-electron chi connectivity index (χ2n) is 8.47. The fourth-order valence-corrected chi connectivity index (χ4v) is 3.95. The van der Waals surface area contributed by atoms with Crippen LogP contribution >= 0.6 is 0 Å². The molecule has 2 fully saturated rings. The molecule has 9 atom stereocenters. The molecule has 0 radical (unpaired) electrons. The number of benzene rings is 1. The van der Waals surface area contributed by atoms with Gasteiger partial charge in [0, 0.05) is 18.2 Å². The topological polar surface area (TPSA) is 249 Å². The molecule has 200 valence electrons. The van der Waals surface area contributed by atoms with E-state index in [9.17, 15) is 35.7 Å². The summed E-state index contributed by atoms with van der Waals surface area (Å²) in [6.07, 6.45) is -8.59. The molecule has 0 aliphatic carbocycles. The average molecular weight is 512 g/mol. The Bertz CT molecular complexity index is 960. The molecule has 36 heavy (non-hydrogen) atoms. The number of hydrogen-bond donors (Lipinski definition) is 10. The zero-order valence-corrected chi connectivity index (χ0v) is 19.3. The molecule has 2 saturated heterocycles. The summed E-state index contributed by atoms with van der Waals surface area (Å²) in [7, 11) is 0. The predicted molar refractivity (Wildman–Crippen MR) is 127 cm³/mol. The van der Waals surface area contributed by atoms with Crippen molar-refractivity contribution in [3.8, 4) is 0 Å². The quantitative estimate of drug-likeness (QED) is 0.0908. The number of hydrazone groups is 1. The van der Waals surface area contributed by atoms with Crippen molar-refractivity contribution in [2.24, 2.45) is 21.7 Å². The standard InChI is InChI=1S/C22H33N5O9/c23-6-13(26-22-20(34)19(33)18(32)16(9-29)36-22)10-2-1-3-11(4-10)14(27-24)7-25-21-17(31)15(30)5-12(8-28)35-21/h1-4,6-7,12,15-22,26,28-34H,5,8-9,23-24H2/b13-6-,25-7?,27-14?/t12-,15?,16?,17?,18+,19?,20?,21-,22?/m0/s1. The van der Waals surface area contributed by atoms with Crippen molar-refractivity contribution >= 4 is 17.6 Å². The number of hydrogen-bond acceptors (Lipinski definition) is 14. The molecule has 1 aromatic carbocycles. The highest BCUT2D eigenvalue weighted by molar-refractivity contribution is 6.38. The van der Waals surface area contributed by atoms with Gasteiger partial charge in [0.25, 0.3) is 0 Å². The van der Waals surface area contributed by atoms with Gasteiger partial charge in [-0.2, -0.15) is 5.10 Å². The molecular formula is C22H33N5O9. The van der Waals surface area contributed by atoms with Crippen LogP contribution in [0.4, 0.5) is 0 Å². The third-order valence-electron chi connectivity index (χ3n) is 6.04. The van der Waals surface area contributed by atoms with Gasteiger partial charge in [-0.15, -0.1) is 0 Å². The Labute approximate surface area is 206 Å². The van der Waals surface area contributed by atoms with Crippen LogP contribution in [0.25, 0.3) is 5.70 Å². The monoisotopic (exact) mass is 511 g/mol. The van der Waals surface area contributed by atoms with E-state index < -0.39 is 61.8 Å². The van der Waals surface area contributed by atoms with Gasteiger partial charge >= 0.3 is 0 Å². The summed E-state index contributed by atoms with van der Waals surface area (Å²) < 4.78 is 10.9. The van der Waals surface area contributed by atoms with E-state index in [2.05, 4.69) is 15.4 Å². The number of aliphatic imine (C=N–C) groups is 1. The van der Waals surface area contributed by atoms with Crippen LogP contribution in [0, 0.1) is 0 Å². The van der Waals surface area contributed by atoms with E-state index in [0.29, 0.717) is 11.1 Å². The van der Waals surface area contributed by atoms with Crippen LogP contribution in [0.15, 0.2) is 40.6 Å². The van der Waals surface area contributed by atoms with E-state index in [1.165, 1.54) is 12.4 Å². The van der Waals surface area contributed by atoms with Crippen LogP contribution in [0.5, 0.6) is 0 Å². The minimum absolute atomic E-state index is 0.0687. The molecule has 12 N–H and O–H groups in total. The van der Waals surface area contributed by atoms with Crippen LogP contribution in [-0.4, -0.2) is 116 Å². The summed E-state index contributed by atoms with van der Waals surface area (Å²) in [4.78, 5) is 4.13. The Morgan fingerprint density at radius 3 is 2.36 bits per heavy atom. The molecule has 14 heteroatoms. The van der Waals surface area contributed by atoms with E-state index in [1.54, 1.807) is 24.3 Å². The smallest absolute Gasteiger partial charge is 0.177 e. The molecule has 0 amide bonds. The molecule has 14 nitrogen and oxygen atoms in total. The van der Waals surface area contributed by atoms with Crippen LogP contribution in [0.2, 0.25) is 0 Å². The van der Waals surface area contributed by atoms with Gasteiger partial charge in [0.15, 0.2) is 12.5 Å². The maximum Gasteiger partial charge on any atom is 0.177 e. The lowest BCUT2D eigenvalue weighted by Crippen LogP contribution is -2.62. The maximum atomic E-state index is 10.3. The average Bonchev–Trinajstić information content (AvgIpc) is 2.89. The molecule has 2 heterocycles. The van der Waals surface area contributed by atoms with E-state index in [0.717, 1.165) is 0 Å². The summed E-state index contributed by atoms with van der Waals surface area (Å²) in [6.45, 7) is -0.920. The number of nitrogens with one attached hydrogen (secondary N) is 1. The van der Waals surface area contributed by atoms with Crippen molar-refractivity contribution in [1.29, 1.82) is 0 Å². The first kappa shape index (κ1) is 27.9. The number of nitrogens with zero attached hydrogens (tertiary/aromatic N) is 2. The molecule has 0 spiro atoms. The fourth-order valence-electron chi connectivity index (χ4n) is 3.95. The molecule has 2 aliphatic heterocycles. The Balaban J connectivity index is 1.77. The van der Waals surface area contributed by atoms with Gasteiger partial charge < -0.3 is 62.1 Å². The summed E-state index contributed by atoms with van der Waals surface area (Å²) in [5.41, 5.74) is 7.24. The van der Waals surface area contributed by atoms with Crippen LogP contribution < -0.4 is 16.9 Å². The molecule has 3 rings (SSSR count). The highest BCUT2D eigenvalue weighted by Gasteiger charge is 2.43. The lowest BCUT2D eigenvalue weighted by molar-refractivity contribution is -0.233. The van der Waals surface area contributed by atoms with Crippen LogP contribution in [0.1, 0.15) is 17.5 Å². The molecule has 6 unspecified atom stereocenters. The Hall–Kier alpha value is -2.66. The molecule has 1 aromatic rings. The minimum Gasteiger partial charge on any atom is -0.403 e. The van der Waals surface area contributed by atoms with Gasteiger partial charge in [0.2, 0.25) is 0 Å². The van der Waals surface area contributed by atoms with Crippen LogP contribution in [0.3, 0.4) is 0 Å². The summed E-state index contributed by atoms with van der Waals surface area (Å²) in [5.74, 6) is 5.54. The molecule has 2 aliphatic rings. The maximum absolute atomic E-state index is 10.3. The molecule has 0 saturated carbocycles. The van der Waals surface area contributed by atoms with Gasteiger partial charge in [-0.3, -0.25) is 4.99 Å². The fraction of sp³-hybridized carbons (Fsp3) is 0.545. The lowest BCUT2D eigenvalue weighted by atomic mass is 9.98. The Morgan fingerprint density at radius 1 is 1.00 bits per heavy atom. The zero-order valence-electron chi connectivity index (χ0n) is 19.3. The second kappa shape index (κ2) is 12.5. The highest BCUT2D eigenvalue weighted by atomic mass is 16.6. The number of ether oxygens (including phenoxy) is 2. The van der Waals surface area contributed by atoms with Gasteiger partial charge in [0.1, 0.15) is 36.2 Å². The zero-order chi connectivity index (χ0) is 26.4. The van der Waals surface area contributed by atoms with E-state index in [1.807, 2.05) is 0 Å². The minimum atomic E-state index is -1.56. The number of nitrogens with two attached hydrogens (primary N) is 2. The first-order valence-electron chi connectivity index (χ1n) is 11.3. The van der Waals surface area contributed by atoms with Crippen molar-refractivity contribution in [3.63, 3.8) is 0 Å². The lowest BCUT2D eigenvalue weighted by Gasteiger charge is -2.40. The predicted octanol–water partition coefficient (Wildman–Crippen LogP) is -4.10. The summed E-state index contributed by atoms with van der Waals surface area (Å²) in [5, 5.41) is 75.7. The van der Waals surface area contributed by atoms with E-state index >= 15 is 0 Å². The van der Waals surface area contributed by atoms with Crippen molar-refractivity contribution < 1.29 is 45.2 Å². The molecule has 0 bridgehead atoms. The number of aliphatic hydroxyl groups is 7. The van der Waals surface area contributed by atoms with E-state index in [4.69, 9.17) is 21.1 Å². The Kier molecular flexibility index (Phi) is 9.72. The second-order valence-corrected chi connectivity index (χ2v) is 8.47. The van der Waals surface area contributed by atoms with Crippen LogP contribution in [-0.2, 0) is 9.47 Å². The van der Waals surface area contributed by atoms with Crippen molar-refractivity contribution in [3.05, 3.63) is 41.6 Å². The van der Waals surface area contributed by atoms with Crippen molar-refractivity contribution in [2.45, 2.75) is 61.6 Å². The molecule has 0 aromatic heterocycles. The van der Waals surface area contributed by atoms with Crippen molar-refractivity contribution in [2.75, 3.05) is 13.2 Å². The number of rotatable bonds is 8. The third-order valence-corrected chi connectivity index (χ3v) is 6.04. The largest absolute Gasteiger partial charge is 0.403 e. The first-order chi connectivity index (χ1) is 17.2. The summed E-state index contributed by atoms with van der Waals surface area (Å²) >= 11 is 0. The van der Waals surface area contributed by atoms with Gasteiger partial charge in [0.05, 0.1) is 37.3 Å². The SMILES string of the molecule is N/C=C(\NC1OC(CO)[C@@H](O)C(O)C1O)c1cccc(C(C=N[C@H]2O[C@H](CO)CC(O)C2O)=NN)c1. The van der Waals surface area contributed by atoms with E-state index in [-0.39, 0.29) is 24.4 Å². The normalized spacial score (nSPS) is 36.2. The molecular weight excluding hydrogens is 478 g/mol. The first-order valence-corrected chi connectivity index (χ1v) is 11.3. The summed E-state index contributed by atoms with van der Waals surface area (Å²) in [6, 6.07) is 6.66. The Morgan fingerprint density at radius 2 is 1.72 bits per heavy atom. The number of aliphatic hydroxyl groups excluding tert-OH is 7.